The number of urea groups is 1. The highest BCUT2D eigenvalue weighted by Crippen LogP contribution is 2.47. The van der Waals surface area contributed by atoms with Crippen molar-refractivity contribution in [3.05, 3.63) is 51.6 Å². The van der Waals surface area contributed by atoms with Gasteiger partial charge in [-0.1, -0.05) is 34.1 Å². The number of aryl methyl sites for hydroxylation is 1. The van der Waals surface area contributed by atoms with Crippen LogP contribution in [-0.4, -0.2) is 52.4 Å². The molecule has 35 heavy (non-hydrogen) atoms. The lowest BCUT2D eigenvalue weighted by molar-refractivity contribution is 0.166. The fourth-order valence-corrected chi connectivity index (χ4v) is 4.48. The zero-order chi connectivity index (χ0) is 24.9. The van der Waals surface area contributed by atoms with Gasteiger partial charge in [0.2, 0.25) is 0 Å². The van der Waals surface area contributed by atoms with E-state index in [-0.39, 0.29) is 28.3 Å². The first-order chi connectivity index (χ1) is 16.8. The Morgan fingerprint density at radius 2 is 1.77 bits per heavy atom. The third-order valence-electron chi connectivity index (χ3n) is 5.54. The Morgan fingerprint density at radius 1 is 1.06 bits per heavy atom. The molecule has 2 aromatic heterocycles. The van der Waals surface area contributed by atoms with Crippen LogP contribution in [0, 0.1) is 6.92 Å². The first-order valence-corrected chi connectivity index (χ1v) is 11.1. The number of ether oxygens (including phenoxy) is 2. The van der Waals surface area contributed by atoms with Crippen LogP contribution in [0.3, 0.4) is 0 Å². The van der Waals surface area contributed by atoms with Gasteiger partial charge in [-0.15, -0.1) is 5.10 Å². The maximum atomic E-state index is 13.4. The van der Waals surface area contributed by atoms with E-state index in [4.69, 9.17) is 37.5 Å². The molecule has 0 fully saturated rings. The Bertz CT molecular complexity index is 1450. The van der Waals surface area contributed by atoms with Gasteiger partial charge in [-0.25, -0.2) is 9.78 Å². The largest absolute Gasteiger partial charge is 0.495 e. The molecule has 2 amide bonds. The number of benzene rings is 2. The van der Waals surface area contributed by atoms with Crippen molar-refractivity contribution in [2.75, 3.05) is 31.1 Å². The van der Waals surface area contributed by atoms with Gasteiger partial charge in [-0.3, -0.25) is 9.80 Å². The van der Waals surface area contributed by atoms with Gasteiger partial charge in [0.1, 0.15) is 38.4 Å². The lowest BCUT2D eigenvalue weighted by atomic mass is 10.2. The van der Waals surface area contributed by atoms with Crippen molar-refractivity contribution in [2.24, 2.45) is 0 Å². The third-order valence-corrected chi connectivity index (χ3v) is 6.27. The molecule has 3 heterocycles. The van der Waals surface area contributed by atoms with Crippen LogP contribution in [0.25, 0.3) is 11.0 Å². The summed E-state index contributed by atoms with van der Waals surface area (Å²) in [5.74, 6) is 1.01. The number of aromatic nitrogens is 5. The maximum absolute atomic E-state index is 13.4. The topological polar surface area (TPSA) is 108 Å². The number of methoxy groups -OCH3 is 2. The number of fused-ring (bicyclic) bond motifs is 2. The van der Waals surface area contributed by atoms with E-state index >= 15 is 0 Å². The predicted octanol–water partition coefficient (Wildman–Crippen LogP) is 4.27. The van der Waals surface area contributed by atoms with Crippen LogP contribution in [0.4, 0.5) is 16.3 Å². The predicted molar refractivity (Wildman–Crippen MR) is 130 cm³/mol. The molecule has 13 heteroatoms. The molecule has 4 aromatic rings. The van der Waals surface area contributed by atoms with E-state index < -0.39 is 6.03 Å². The summed E-state index contributed by atoms with van der Waals surface area (Å²) in [6, 6.07) is 6.80. The smallest absolute Gasteiger partial charge is 0.347 e. The maximum Gasteiger partial charge on any atom is 0.347 e. The Morgan fingerprint density at radius 3 is 2.46 bits per heavy atom. The number of anilines is 2. The molecular formula is C22H19Cl2N7O4. The van der Waals surface area contributed by atoms with Gasteiger partial charge in [-0.05, 0) is 29.8 Å². The molecule has 0 unspecified atom stereocenters. The van der Waals surface area contributed by atoms with Crippen LogP contribution in [0.2, 0.25) is 10.0 Å². The molecule has 11 nitrogen and oxygen atoms in total. The van der Waals surface area contributed by atoms with E-state index in [0.29, 0.717) is 33.9 Å². The van der Waals surface area contributed by atoms with E-state index in [2.05, 4.69) is 20.3 Å². The molecule has 0 spiro atoms. The first kappa shape index (κ1) is 22.9. The number of carbonyl (C=O) groups excluding carboxylic acids is 1. The molecule has 1 aliphatic heterocycles. The molecule has 0 saturated carbocycles. The fourth-order valence-electron chi connectivity index (χ4n) is 3.78. The highest BCUT2D eigenvalue weighted by Gasteiger charge is 2.35. The van der Waals surface area contributed by atoms with Crippen LogP contribution >= 0.6 is 23.2 Å². The second-order valence-electron chi connectivity index (χ2n) is 7.73. The van der Waals surface area contributed by atoms with Gasteiger partial charge in [0, 0.05) is 24.9 Å². The van der Waals surface area contributed by atoms with E-state index in [9.17, 15) is 4.79 Å². The zero-order valence-electron chi connectivity index (χ0n) is 19.1. The summed E-state index contributed by atoms with van der Waals surface area (Å²) in [6.07, 6.45) is 1.57. The quantitative estimate of drug-likeness (QED) is 0.387. The molecule has 0 radical (unpaired) electrons. The molecule has 0 saturated heterocycles. The lowest BCUT2D eigenvalue weighted by Gasteiger charge is -2.35. The van der Waals surface area contributed by atoms with E-state index in [1.165, 1.54) is 28.9 Å². The summed E-state index contributed by atoms with van der Waals surface area (Å²) in [7, 11) is 4.51. The van der Waals surface area contributed by atoms with Crippen LogP contribution in [0.1, 0.15) is 11.1 Å². The summed E-state index contributed by atoms with van der Waals surface area (Å²) in [5.41, 5.74) is 3.29. The Balaban J connectivity index is 1.50. The monoisotopic (exact) mass is 515 g/mol. The average molecular weight is 516 g/mol. The number of hydrogen-bond acceptors (Lipinski definition) is 8. The number of rotatable bonds is 5. The number of hydrogen-bond donors (Lipinski definition) is 0. The highest BCUT2D eigenvalue weighted by molar-refractivity contribution is 6.42. The number of carbonyl (C=O) groups is 1. The lowest BCUT2D eigenvalue weighted by Crippen LogP contribution is -2.46. The number of halogens is 2. The summed E-state index contributed by atoms with van der Waals surface area (Å²) in [6.45, 7) is 2.07. The van der Waals surface area contributed by atoms with Gasteiger partial charge in [0.05, 0.1) is 26.5 Å². The van der Waals surface area contributed by atoms with Gasteiger partial charge in [0.25, 0.3) is 0 Å². The normalized spacial score (nSPS) is 13.3. The van der Waals surface area contributed by atoms with Crippen molar-refractivity contribution in [3.63, 3.8) is 0 Å². The van der Waals surface area contributed by atoms with Crippen molar-refractivity contribution in [1.29, 1.82) is 0 Å². The van der Waals surface area contributed by atoms with E-state index in [0.717, 1.165) is 5.56 Å². The molecule has 0 bridgehead atoms. The first-order valence-electron chi connectivity index (χ1n) is 10.3. The van der Waals surface area contributed by atoms with Crippen molar-refractivity contribution in [1.82, 2.24) is 25.1 Å². The summed E-state index contributed by atoms with van der Waals surface area (Å²) in [4.78, 5) is 31.8. The minimum Gasteiger partial charge on any atom is -0.495 e. The molecular weight excluding hydrogens is 497 g/mol. The second-order valence-corrected chi connectivity index (χ2v) is 8.49. The van der Waals surface area contributed by atoms with Gasteiger partial charge >= 0.3 is 12.0 Å². The number of nitrogens with zero attached hydrogens (tertiary/aromatic N) is 7. The third kappa shape index (κ3) is 3.82. The van der Waals surface area contributed by atoms with Crippen LogP contribution < -0.4 is 24.1 Å². The minimum atomic E-state index is -0.414. The Kier molecular flexibility index (Phi) is 5.73. The van der Waals surface area contributed by atoms with Crippen molar-refractivity contribution < 1.29 is 19.1 Å². The SMILES string of the molecule is COc1cc(OC)c(Cl)c(N2Cc3cnc(On4nnc5cc(C)ccc54)nc3N(C)C2=O)c1Cl. The molecule has 180 valence electrons. The van der Waals surface area contributed by atoms with Gasteiger partial charge in [0.15, 0.2) is 0 Å². The van der Waals surface area contributed by atoms with E-state index in [1.807, 2.05) is 25.1 Å². The van der Waals surface area contributed by atoms with Crippen LogP contribution in [0.5, 0.6) is 17.5 Å². The molecule has 0 aliphatic carbocycles. The van der Waals surface area contributed by atoms with Gasteiger partial charge < -0.3 is 14.3 Å². The number of amides is 2. The van der Waals surface area contributed by atoms with Gasteiger partial charge in [-0.2, -0.15) is 4.98 Å². The molecule has 2 aromatic carbocycles. The van der Waals surface area contributed by atoms with E-state index in [1.54, 1.807) is 19.3 Å². The fraction of sp³-hybridized carbons (Fsp3) is 0.227. The Labute approximate surface area is 209 Å². The molecule has 1 aliphatic rings. The standard InChI is InChI=1S/C22H19Cl2N7O4/c1-11-5-6-14-13(7-11)27-28-31(14)35-21-25-9-12-10-30(22(32)29(2)20(12)26-21)19-17(23)15(33-3)8-16(34-4)18(19)24/h5-9H,10H2,1-4H3. The average Bonchev–Trinajstić information content (AvgIpc) is 3.24. The Hall–Kier alpha value is -3.83. The molecule has 5 rings (SSSR count). The summed E-state index contributed by atoms with van der Waals surface area (Å²) >= 11 is 13.1. The van der Waals surface area contributed by atoms with Crippen LogP contribution in [-0.2, 0) is 6.54 Å². The van der Waals surface area contributed by atoms with Crippen molar-refractivity contribution in [3.8, 4) is 17.5 Å². The van der Waals surface area contributed by atoms with Crippen molar-refractivity contribution in [2.45, 2.75) is 13.5 Å². The van der Waals surface area contributed by atoms with Crippen molar-refractivity contribution >= 4 is 51.8 Å². The molecule has 0 N–H and O–H groups in total. The second kappa shape index (κ2) is 8.75. The van der Waals surface area contributed by atoms with Crippen LogP contribution in [0.15, 0.2) is 30.5 Å². The summed E-state index contributed by atoms with van der Waals surface area (Å²) in [5, 5.41) is 8.46. The summed E-state index contributed by atoms with van der Waals surface area (Å²) < 4.78 is 10.7. The molecule has 0 atom stereocenters. The zero-order valence-corrected chi connectivity index (χ0v) is 20.6. The minimum absolute atomic E-state index is 0.00309. The highest BCUT2D eigenvalue weighted by atomic mass is 35.5.